The standard InChI is InChI=1S/C10H10N2/c1-8(7-11)10(12)9-5-3-2-4-6-9/h2-6H,12H2,1H3/b10-8+. The lowest BCUT2D eigenvalue weighted by molar-refractivity contribution is 1.39. The average molecular weight is 158 g/mol. The van der Waals surface area contributed by atoms with E-state index in [-0.39, 0.29) is 0 Å². The van der Waals surface area contributed by atoms with Gasteiger partial charge >= 0.3 is 0 Å². The number of rotatable bonds is 1. The lowest BCUT2D eigenvalue weighted by Crippen LogP contribution is -1.98. The van der Waals surface area contributed by atoms with Gasteiger partial charge in [-0.05, 0) is 12.5 Å². The summed E-state index contributed by atoms with van der Waals surface area (Å²) in [7, 11) is 0. The van der Waals surface area contributed by atoms with Crippen LogP contribution >= 0.6 is 0 Å². The van der Waals surface area contributed by atoms with Gasteiger partial charge in [-0.25, -0.2) is 0 Å². The number of allylic oxidation sites excluding steroid dienone is 1. The maximum Gasteiger partial charge on any atom is 0.0965 e. The SMILES string of the molecule is C/C(C#N)=C(\N)c1ccccc1. The first kappa shape index (κ1) is 8.35. The van der Waals surface area contributed by atoms with Crippen LogP contribution in [-0.4, -0.2) is 0 Å². The van der Waals surface area contributed by atoms with Crippen LogP contribution in [-0.2, 0) is 0 Å². The fraction of sp³-hybridized carbons (Fsp3) is 0.100. The Kier molecular flexibility index (Phi) is 2.49. The minimum atomic E-state index is 0.554. The molecule has 0 aliphatic heterocycles. The number of benzene rings is 1. The van der Waals surface area contributed by atoms with Crippen LogP contribution in [0.25, 0.3) is 5.70 Å². The van der Waals surface area contributed by atoms with Crippen LogP contribution in [0.4, 0.5) is 0 Å². The fourth-order valence-corrected chi connectivity index (χ4v) is 0.894. The van der Waals surface area contributed by atoms with Crippen molar-refractivity contribution in [2.24, 2.45) is 5.73 Å². The summed E-state index contributed by atoms with van der Waals surface area (Å²) in [4.78, 5) is 0. The smallest absolute Gasteiger partial charge is 0.0965 e. The van der Waals surface area contributed by atoms with Crippen LogP contribution in [0.5, 0.6) is 0 Å². The first-order chi connectivity index (χ1) is 5.75. The van der Waals surface area contributed by atoms with E-state index < -0.39 is 0 Å². The van der Waals surface area contributed by atoms with Crippen molar-refractivity contribution in [2.75, 3.05) is 0 Å². The third-order valence-electron chi connectivity index (χ3n) is 1.66. The number of nitrogens with zero attached hydrogens (tertiary/aromatic N) is 1. The third kappa shape index (κ3) is 1.64. The Balaban J connectivity index is 3.11. The molecule has 0 radical (unpaired) electrons. The molecule has 0 aliphatic rings. The molecule has 0 spiro atoms. The van der Waals surface area contributed by atoms with Crippen molar-refractivity contribution in [3.63, 3.8) is 0 Å². The van der Waals surface area contributed by atoms with Gasteiger partial charge in [-0.2, -0.15) is 5.26 Å². The van der Waals surface area contributed by atoms with Gasteiger partial charge in [0.05, 0.1) is 11.8 Å². The zero-order valence-corrected chi connectivity index (χ0v) is 6.91. The number of hydrogen-bond donors (Lipinski definition) is 1. The second-order valence-corrected chi connectivity index (χ2v) is 2.52. The van der Waals surface area contributed by atoms with Crippen LogP contribution < -0.4 is 5.73 Å². The predicted molar refractivity (Wildman–Crippen MR) is 48.8 cm³/mol. The van der Waals surface area contributed by atoms with Gasteiger partial charge < -0.3 is 5.73 Å². The molecule has 0 unspecified atom stereocenters. The molecule has 0 aliphatic carbocycles. The van der Waals surface area contributed by atoms with E-state index in [2.05, 4.69) is 0 Å². The first-order valence-electron chi connectivity index (χ1n) is 3.67. The highest BCUT2D eigenvalue weighted by atomic mass is 14.6. The quantitative estimate of drug-likeness (QED) is 0.634. The second-order valence-electron chi connectivity index (χ2n) is 2.52. The molecule has 0 aromatic heterocycles. The Morgan fingerprint density at radius 3 is 2.42 bits per heavy atom. The highest BCUT2D eigenvalue weighted by Gasteiger charge is 1.98. The number of nitriles is 1. The Labute approximate surface area is 71.9 Å². The summed E-state index contributed by atoms with van der Waals surface area (Å²) in [6.07, 6.45) is 0. The molecule has 0 bridgehead atoms. The molecule has 0 saturated heterocycles. The van der Waals surface area contributed by atoms with Crippen molar-refractivity contribution in [3.05, 3.63) is 41.5 Å². The zero-order chi connectivity index (χ0) is 8.97. The lowest BCUT2D eigenvalue weighted by atomic mass is 10.1. The lowest BCUT2D eigenvalue weighted by Gasteiger charge is -2.00. The van der Waals surface area contributed by atoms with Crippen molar-refractivity contribution in [1.29, 1.82) is 5.26 Å². The topological polar surface area (TPSA) is 49.8 Å². The van der Waals surface area contributed by atoms with E-state index in [9.17, 15) is 0 Å². The Morgan fingerprint density at radius 2 is 1.92 bits per heavy atom. The number of hydrogen-bond acceptors (Lipinski definition) is 2. The zero-order valence-electron chi connectivity index (χ0n) is 6.91. The molecule has 0 fully saturated rings. The molecule has 2 nitrogen and oxygen atoms in total. The van der Waals surface area contributed by atoms with Crippen molar-refractivity contribution in [1.82, 2.24) is 0 Å². The van der Waals surface area contributed by atoms with E-state index in [1.807, 2.05) is 36.4 Å². The van der Waals surface area contributed by atoms with Gasteiger partial charge in [-0.15, -0.1) is 0 Å². The third-order valence-corrected chi connectivity index (χ3v) is 1.66. The Bertz CT molecular complexity index is 331. The van der Waals surface area contributed by atoms with Crippen LogP contribution in [0.1, 0.15) is 12.5 Å². The van der Waals surface area contributed by atoms with E-state index in [1.165, 1.54) is 0 Å². The molecular weight excluding hydrogens is 148 g/mol. The average Bonchev–Trinajstić information content (AvgIpc) is 2.17. The van der Waals surface area contributed by atoms with Gasteiger partial charge in [0.25, 0.3) is 0 Å². The van der Waals surface area contributed by atoms with Crippen molar-refractivity contribution >= 4 is 5.70 Å². The normalized spacial score (nSPS) is 11.7. The molecule has 0 amide bonds. The predicted octanol–water partition coefficient (Wildman–Crippen LogP) is 1.90. The first-order valence-corrected chi connectivity index (χ1v) is 3.67. The minimum Gasteiger partial charge on any atom is -0.397 e. The van der Waals surface area contributed by atoms with E-state index in [0.29, 0.717) is 11.3 Å². The maximum absolute atomic E-state index is 8.58. The molecule has 2 N–H and O–H groups in total. The molecule has 2 heteroatoms. The highest BCUT2D eigenvalue weighted by molar-refractivity contribution is 5.68. The van der Waals surface area contributed by atoms with Gasteiger partial charge in [0.15, 0.2) is 0 Å². The molecule has 1 aromatic rings. The maximum atomic E-state index is 8.58. The molecule has 60 valence electrons. The van der Waals surface area contributed by atoms with E-state index in [1.54, 1.807) is 6.92 Å². The summed E-state index contributed by atoms with van der Waals surface area (Å²) in [6, 6.07) is 11.5. The highest BCUT2D eigenvalue weighted by Crippen LogP contribution is 2.11. The van der Waals surface area contributed by atoms with Crippen LogP contribution in [0.2, 0.25) is 0 Å². The van der Waals surface area contributed by atoms with Gasteiger partial charge in [-0.1, -0.05) is 30.3 Å². The second kappa shape index (κ2) is 3.59. The molecule has 1 rings (SSSR count). The summed E-state index contributed by atoms with van der Waals surface area (Å²) in [5.41, 5.74) is 7.72. The van der Waals surface area contributed by atoms with Crippen LogP contribution in [0.15, 0.2) is 35.9 Å². The van der Waals surface area contributed by atoms with E-state index in [4.69, 9.17) is 11.0 Å². The molecule has 0 heterocycles. The fourth-order valence-electron chi connectivity index (χ4n) is 0.894. The van der Waals surface area contributed by atoms with Gasteiger partial charge in [0, 0.05) is 5.57 Å². The Morgan fingerprint density at radius 1 is 1.33 bits per heavy atom. The summed E-state index contributed by atoms with van der Waals surface area (Å²) in [5.74, 6) is 0. The molecule has 12 heavy (non-hydrogen) atoms. The van der Waals surface area contributed by atoms with Crippen molar-refractivity contribution in [2.45, 2.75) is 6.92 Å². The summed E-state index contributed by atoms with van der Waals surface area (Å²) < 4.78 is 0. The Hall–Kier alpha value is -1.75. The number of nitrogens with two attached hydrogens (primary N) is 1. The largest absolute Gasteiger partial charge is 0.397 e. The minimum absolute atomic E-state index is 0.554. The van der Waals surface area contributed by atoms with Crippen LogP contribution in [0.3, 0.4) is 0 Å². The van der Waals surface area contributed by atoms with Crippen LogP contribution in [0, 0.1) is 11.3 Å². The van der Waals surface area contributed by atoms with E-state index in [0.717, 1.165) is 5.56 Å². The van der Waals surface area contributed by atoms with Gasteiger partial charge in [-0.3, -0.25) is 0 Å². The van der Waals surface area contributed by atoms with Gasteiger partial charge in [0.1, 0.15) is 0 Å². The summed E-state index contributed by atoms with van der Waals surface area (Å²) >= 11 is 0. The molecule has 0 atom stereocenters. The molecular formula is C10H10N2. The molecule has 1 aromatic carbocycles. The van der Waals surface area contributed by atoms with Crippen molar-refractivity contribution in [3.8, 4) is 6.07 Å². The summed E-state index contributed by atoms with van der Waals surface area (Å²) in [5, 5.41) is 8.58. The summed E-state index contributed by atoms with van der Waals surface area (Å²) in [6.45, 7) is 1.71. The monoisotopic (exact) mass is 158 g/mol. The van der Waals surface area contributed by atoms with Gasteiger partial charge in [0.2, 0.25) is 0 Å². The van der Waals surface area contributed by atoms with Crippen molar-refractivity contribution < 1.29 is 0 Å². The van der Waals surface area contributed by atoms with E-state index >= 15 is 0 Å². The molecule has 0 saturated carbocycles.